The molecular weight excluding hydrogens is 361 g/mol. The van der Waals surface area contributed by atoms with Gasteiger partial charge in [0.15, 0.2) is 16.1 Å². The van der Waals surface area contributed by atoms with Gasteiger partial charge in [-0.1, -0.05) is 12.1 Å². The number of amides is 2. The van der Waals surface area contributed by atoms with Crippen LogP contribution in [-0.2, 0) is 35.7 Å². The van der Waals surface area contributed by atoms with Crippen molar-refractivity contribution in [2.45, 2.75) is 38.5 Å². The average molecular weight is 385 g/mol. The third kappa shape index (κ3) is 5.10. The molecule has 8 heteroatoms. The Morgan fingerprint density at radius 1 is 1.15 bits per heavy atom. The summed E-state index contributed by atoms with van der Waals surface area (Å²) in [5.74, 6) is 0. The van der Waals surface area contributed by atoms with Gasteiger partial charge < -0.3 is 14.9 Å². The first kappa shape index (κ1) is 21.4. The van der Waals surface area contributed by atoms with E-state index in [-0.39, 0.29) is 29.6 Å². The quantitative estimate of drug-likeness (QED) is 0.723. The number of benzene rings is 1. The fourth-order valence-corrected chi connectivity index (χ4v) is 4.29. The Morgan fingerprint density at radius 2 is 1.73 bits per heavy atom. The van der Waals surface area contributed by atoms with Gasteiger partial charge in [-0.15, -0.1) is 0 Å². The number of urea groups is 1. The smallest absolute Gasteiger partial charge is 0.423 e. The first-order valence-corrected chi connectivity index (χ1v) is 10.1. The second-order valence-electron chi connectivity index (χ2n) is 6.90. The summed E-state index contributed by atoms with van der Waals surface area (Å²) in [6, 6.07) is 1.45. The molecule has 1 aromatic carbocycles. The summed E-state index contributed by atoms with van der Waals surface area (Å²) < 4.78 is 27.3. The van der Waals surface area contributed by atoms with Crippen LogP contribution in [0.25, 0.3) is 4.72 Å². The second-order valence-corrected chi connectivity index (χ2v) is 8.39. The Labute approximate surface area is 177 Å². The molecule has 0 saturated carbocycles. The fraction of sp³-hybridized carbons (Fsp3) is 0.500. The number of rotatable bonds is 5. The number of sulfonamides is 1. The van der Waals surface area contributed by atoms with Gasteiger partial charge in [-0.05, 0) is 80.6 Å². The largest absolute Gasteiger partial charge is 1.00 e. The van der Waals surface area contributed by atoms with Crippen LogP contribution in [0, 0.1) is 0 Å². The average Bonchev–Trinajstić information content (AvgIpc) is 3.14. The first-order chi connectivity index (χ1) is 11.9. The van der Waals surface area contributed by atoms with E-state index >= 15 is 0 Å². The Kier molecular flexibility index (Phi) is 7.33. The topological polar surface area (TPSA) is 80.6 Å². The summed E-state index contributed by atoms with van der Waals surface area (Å²) in [7, 11) is -0.258. The van der Waals surface area contributed by atoms with Crippen LogP contribution in [0.5, 0.6) is 0 Å². The first-order valence-electron chi connectivity index (χ1n) is 8.62. The molecule has 0 heterocycles. The molecule has 3 rings (SSSR count). The molecular formula is C18H24N3NaO3S. The maximum Gasteiger partial charge on any atom is 1.00 e. The number of likely N-dealkylation sites (N-methyl/N-ethyl adjacent to an activating group) is 1. The van der Waals surface area contributed by atoms with Gasteiger partial charge in [0.05, 0.1) is 0 Å². The van der Waals surface area contributed by atoms with Crippen LogP contribution in [0.4, 0.5) is 10.5 Å². The summed E-state index contributed by atoms with van der Waals surface area (Å²) >= 11 is 0. The Morgan fingerprint density at radius 3 is 2.27 bits per heavy atom. The van der Waals surface area contributed by atoms with Crippen LogP contribution < -0.4 is 34.9 Å². The molecule has 0 saturated heterocycles. The van der Waals surface area contributed by atoms with Crippen molar-refractivity contribution in [1.82, 2.24) is 4.90 Å². The minimum Gasteiger partial charge on any atom is -0.423 e. The van der Waals surface area contributed by atoms with Gasteiger partial charge in [0.2, 0.25) is 0 Å². The van der Waals surface area contributed by atoms with Crippen LogP contribution in [-0.4, -0.2) is 40.0 Å². The molecule has 0 fully saturated rings. The third-order valence-electron chi connectivity index (χ3n) is 4.65. The standard InChI is InChI=1S/C18H25N3O3S.Na/c1-21(2)10-5-11-25(23,24)20-18(22)19-17-15-8-3-6-13(15)12-14-7-4-9-16(14)17;/h5,11-12H,3-4,6-10H2,1-2H3,(H2,19,20,22);/q;+1/p-1/b11-5+;. The molecule has 0 atom stereocenters. The van der Waals surface area contributed by atoms with E-state index in [0.29, 0.717) is 6.54 Å². The molecule has 0 aliphatic heterocycles. The molecule has 1 N–H and O–H groups in total. The molecule has 0 unspecified atom stereocenters. The molecule has 26 heavy (non-hydrogen) atoms. The van der Waals surface area contributed by atoms with E-state index in [4.69, 9.17) is 0 Å². The molecule has 136 valence electrons. The van der Waals surface area contributed by atoms with Gasteiger partial charge in [0.25, 0.3) is 0 Å². The zero-order chi connectivity index (χ0) is 18.0. The summed E-state index contributed by atoms with van der Waals surface area (Å²) in [6.45, 7) is 0.468. The van der Waals surface area contributed by atoms with Gasteiger partial charge in [-0.25, -0.2) is 8.42 Å². The summed E-state index contributed by atoms with van der Waals surface area (Å²) in [5.41, 5.74) is 5.69. The number of anilines is 1. The van der Waals surface area contributed by atoms with Crippen molar-refractivity contribution in [3.8, 4) is 0 Å². The zero-order valence-corrected chi connectivity index (χ0v) is 18.5. The number of hydrogen-bond acceptors (Lipinski definition) is 4. The number of fused-ring (bicyclic) bond motifs is 2. The second kappa shape index (κ2) is 8.89. The number of carbonyl (C=O) groups is 1. The normalized spacial score (nSPS) is 15.7. The third-order valence-corrected chi connectivity index (χ3v) is 5.61. The van der Waals surface area contributed by atoms with E-state index in [1.54, 1.807) is 0 Å². The number of hydrogen-bond donors (Lipinski definition) is 1. The molecule has 6 nitrogen and oxygen atoms in total. The van der Waals surface area contributed by atoms with Crippen molar-refractivity contribution in [3.05, 3.63) is 44.5 Å². The van der Waals surface area contributed by atoms with Crippen molar-refractivity contribution in [3.63, 3.8) is 0 Å². The Balaban J connectivity index is 0.00000243. The van der Waals surface area contributed by atoms with Crippen LogP contribution in [0.1, 0.15) is 35.1 Å². The molecule has 2 amide bonds. The molecule has 2 aliphatic rings. The van der Waals surface area contributed by atoms with Crippen molar-refractivity contribution >= 4 is 21.7 Å². The number of carbonyl (C=O) groups excluding carboxylic acids is 1. The monoisotopic (exact) mass is 385 g/mol. The number of nitrogens with zero attached hydrogens (tertiary/aromatic N) is 2. The van der Waals surface area contributed by atoms with Crippen LogP contribution in [0.3, 0.4) is 0 Å². The maximum atomic E-state index is 12.2. The van der Waals surface area contributed by atoms with Gasteiger partial charge in [-0.2, -0.15) is 0 Å². The van der Waals surface area contributed by atoms with Gasteiger partial charge in [0.1, 0.15) is 0 Å². The van der Waals surface area contributed by atoms with Crippen LogP contribution >= 0.6 is 0 Å². The summed E-state index contributed by atoms with van der Waals surface area (Å²) in [4.78, 5) is 14.0. The van der Waals surface area contributed by atoms with E-state index < -0.39 is 16.1 Å². The zero-order valence-electron chi connectivity index (χ0n) is 15.7. The van der Waals surface area contributed by atoms with Gasteiger partial charge in [0, 0.05) is 12.0 Å². The molecule has 0 radical (unpaired) electrons. The molecule has 1 aromatic rings. The maximum absolute atomic E-state index is 12.2. The minimum absolute atomic E-state index is 0. The van der Waals surface area contributed by atoms with Crippen molar-refractivity contribution in [1.29, 1.82) is 0 Å². The SMILES string of the molecule is CN(C)C/C=C/S(=O)(=O)[N-]C(=O)Nc1c2c(cc3c1CCC3)CCC2.[Na+]. The van der Waals surface area contributed by atoms with E-state index in [0.717, 1.165) is 60.7 Å². The van der Waals surface area contributed by atoms with Crippen molar-refractivity contribution in [2.75, 3.05) is 26.0 Å². The number of nitrogens with one attached hydrogen (secondary N) is 1. The van der Waals surface area contributed by atoms with Crippen molar-refractivity contribution < 1.29 is 42.8 Å². The Hall–Kier alpha value is -0.860. The van der Waals surface area contributed by atoms with Gasteiger partial charge >= 0.3 is 29.6 Å². The fourth-order valence-electron chi connectivity index (χ4n) is 3.62. The Bertz CT molecular complexity index is 787. The van der Waals surface area contributed by atoms with E-state index in [1.165, 1.54) is 17.2 Å². The van der Waals surface area contributed by atoms with Crippen LogP contribution in [0.2, 0.25) is 0 Å². The minimum atomic E-state index is -3.92. The molecule has 0 spiro atoms. The van der Waals surface area contributed by atoms with E-state index in [1.807, 2.05) is 19.0 Å². The van der Waals surface area contributed by atoms with E-state index in [9.17, 15) is 13.2 Å². The van der Waals surface area contributed by atoms with Gasteiger partial charge in [-0.3, -0.25) is 4.79 Å². The molecule has 0 aromatic heterocycles. The summed E-state index contributed by atoms with van der Waals surface area (Å²) in [6.07, 6.45) is 7.52. The summed E-state index contributed by atoms with van der Waals surface area (Å²) in [5, 5.41) is 3.75. The number of aryl methyl sites for hydroxylation is 2. The predicted octanol–water partition coefficient (Wildman–Crippen LogP) is -0.0213. The predicted molar refractivity (Wildman–Crippen MR) is 99.5 cm³/mol. The van der Waals surface area contributed by atoms with Crippen molar-refractivity contribution in [2.24, 2.45) is 0 Å². The molecule has 0 bridgehead atoms. The van der Waals surface area contributed by atoms with E-state index in [2.05, 4.69) is 16.1 Å². The van der Waals surface area contributed by atoms with Crippen LogP contribution in [0.15, 0.2) is 17.6 Å². The molecule has 2 aliphatic carbocycles.